The van der Waals surface area contributed by atoms with Crippen LogP contribution in [0.3, 0.4) is 0 Å². The third kappa shape index (κ3) is 3.37. The number of rotatable bonds is 5. The van der Waals surface area contributed by atoms with Crippen LogP contribution < -0.4 is 5.32 Å². The molecule has 1 aromatic carbocycles. The number of benzene rings is 1. The molecule has 0 saturated carbocycles. The van der Waals surface area contributed by atoms with E-state index in [0.29, 0.717) is 18.8 Å². The predicted molar refractivity (Wildman–Crippen MR) is 87.6 cm³/mol. The number of hydrogen-bond acceptors (Lipinski definition) is 6. The van der Waals surface area contributed by atoms with Crippen molar-refractivity contribution in [3.63, 3.8) is 0 Å². The number of hydrogen-bond donors (Lipinski definition) is 2. The molecule has 2 N–H and O–H groups in total. The van der Waals surface area contributed by atoms with E-state index in [1.807, 2.05) is 0 Å². The number of nitro groups is 1. The second-order valence-electron chi connectivity index (χ2n) is 5.48. The highest BCUT2D eigenvalue weighted by Gasteiger charge is 2.27. The lowest BCUT2D eigenvalue weighted by molar-refractivity contribution is -0.385. The first-order chi connectivity index (χ1) is 11.9. The van der Waals surface area contributed by atoms with E-state index in [9.17, 15) is 23.3 Å². The Morgan fingerprint density at radius 2 is 1.88 bits per heavy atom. The van der Waals surface area contributed by atoms with E-state index in [1.165, 1.54) is 28.6 Å². The van der Waals surface area contributed by atoms with Crippen LogP contribution in [0.4, 0.5) is 11.4 Å². The Bertz CT molecular complexity index is 900. The fourth-order valence-electron chi connectivity index (χ4n) is 2.57. The van der Waals surface area contributed by atoms with E-state index in [4.69, 9.17) is 0 Å². The maximum atomic E-state index is 12.4. The first-order valence-electron chi connectivity index (χ1n) is 7.49. The smallest absolute Gasteiger partial charge is 0.319 e. The van der Waals surface area contributed by atoms with Crippen LogP contribution in [0.25, 0.3) is 0 Å². The Kier molecular flexibility index (Phi) is 4.51. The summed E-state index contributed by atoms with van der Waals surface area (Å²) < 4.78 is 26.3. The number of sulfonamides is 1. The van der Waals surface area contributed by atoms with Gasteiger partial charge in [-0.05, 0) is 37.1 Å². The summed E-state index contributed by atoms with van der Waals surface area (Å²) in [5.74, 6) is -0.737. The molecule has 1 saturated heterocycles. The number of H-pyrrole nitrogens is 1. The predicted octanol–water partition coefficient (Wildman–Crippen LogP) is 1.35. The number of nitrogens with zero attached hydrogens (tertiary/aromatic N) is 3. The van der Waals surface area contributed by atoms with E-state index < -0.39 is 26.5 Å². The SMILES string of the molecule is O=C(Nc1ccc(S(=O)(=O)N2CCCC2)cc1)c1[nH]ncc1[N+](=O)[O-]. The van der Waals surface area contributed by atoms with Crippen LogP contribution >= 0.6 is 0 Å². The van der Waals surface area contributed by atoms with Gasteiger partial charge in [0, 0.05) is 18.8 Å². The van der Waals surface area contributed by atoms with Crippen molar-refractivity contribution in [2.24, 2.45) is 0 Å². The van der Waals surface area contributed by atoms with Gasteiger partial charge in [0.1, 0.15) is 6.20 Å². The molecule has 0 spiro atoms. The molecule has 3 rings (SSSR count). The van der Waals surface area contributed by atoms with Gasteiger partial charge in [0.2, 0.25) is 15.7 Å². The third-order valence-corrected chi connectivity index (χ3v) is 5.77. The molecule has 10 nitrogen and oxygen atoms in total. The molecule has 0 unspecified atom stereocenters. The van der Waals surface area contributed by atoms with Gasteiger partial charge in [-0.15, -0.1) is 0 Å². The van der Waals surface area contributed by atoms with Gasteiger partial charge in [0.05, 0.1) is 9.82 Å². The topological polar surface area (TPSA) is 138 Å². The highest BCUT2D eigenvalue weighted by atomic mass is 32.2. The summed E-state index contributed by atoms with van der Waals surface area (Å²) in [7, 11) is -3.53. The van der Waals surface area contributed by atoms with Gasteiger partial charge in [0.15, 0.2) is 0 Å². The van der Waals surface area contributed by atoms with Gasteiger partial charge < -0.3 is 5.32 Å². The molecular formula is C14H15N5O5S. The Labute approximate surface area is 143 Å². The lowest BCUT2D eigenvalue weighted by Crippen LogP contribution is -2.27. The number of nitrogens with one attached hydrogen (secondary N) is 2. The second-order valence-corrected chi connectivity index (χ2v) is 7.41. The normalized spacial score (nSPS) is 15.2. The molecule has 1 fully saturated rings. The van der Waals surface area contributed by atoms with Crippen molar-refractivity contribution in [2.45, 2.75) is 17.7 Å². The van der Waals surface area contributed by atoms with Crippen LogP contribution in [0.5, 0.6) is 0 Å². The molecule has 1 amide bonds. The molecule has 0 bridgehead atoms. The van der Waals surface area contributed by atoms with Crippen molar-refractivity contribution in [3.8, 4) is 0 Å². The van der Waals surface area contributed by atoms with Crippen LogP contribution in [0.2, 0.25) is 0 Å². The average Bonchev–Trinajstić information content (AvgIpc) is 3.27. The Balaban J connectivity index is 1.75. The third-order valence-electron chi connectivity index (χ3n) is 3.86. The van der Waals surface area contributed by atoms with E-state index >= 15 is 0 Å². The summed E-state index contributed by atoms with van der Waals surface area (Å²) in [6.07, 6.45) is 2.63. The van der Waals surface area contributed by atoms with Crippen molar-refractivity contribution >= 4 is 27.3 Å². The van der Waals surface area contributed by atoms with Crippen molar-refractivity contribution < 1.29 is 18.1 Å². The van der Waals surface area contributed by atoms with Gasteiger partial charge >= 0.3 is 5.69 Å². The molecule has 0 aliphatic carbocycles. The lowest BCUT2D eigenvalue weighted by atomic mass is 10.3. The van der Waals surface area contributed by atoms with Crippen LogP contribution in [-0.2, 0) is 10.0 Å². The molecule has 1 aromatic heterocycles. The largest absolute Gasteiger partial charge is 0.320 e. The van der Waals surface area contributed by atoms with Crippen LogP contribution in [0.15, 0.2) is 35.4 Å². The monoisotopic (exact) mass is 365 g/mol. The zero-order chi connectivity index (χ0) is 18.0. The van der Waals surface area contributed by atoms with Gasteiger partial charge in [-0.2, -0.15) is 9.40 Å². The van der Waals surface area contributed by atoms with Crippen molar-refractivity contribution in [1.82, 2.24) is 14.5 Å². The fraction of sp³-hybridized carbons (Fsp3) is 0.286. The maximum absolute atomic E-state index is 12.4. The van der Waals surface area contributed by atoms with Gasteiger partial charge in [0.25, 0.3) is 5.91 Å². The number of carbonyl (C=O) groups is 1. The lowest BCUT2D eigenvalue weighted by Gasteiger charge is -2.15. The molecule has 0 radical (unpaired) electrons. The number of aromatic amines is 1. The van der Waals surface area contributed by atoms with E-state index in [1.54, 1.807) is 0 Å². The summed E-state index contributed by atoms with van der Waals surface area (Å²) in [5.41, 5.74) is -0.404. The highest BCUT2D eigenvalue weighted by Crippen LogP contribution is 2.23. The van der Waals surface area contributed by atoms with Crippen molar-refractivity contribution in [2.75, 3.05) is 18.4 Å². The van der Waals surface area contributed by atoms with Crippen LogP contribution in [-0.4, -0.2) is 46.8 Å². The quantitative estimate of drug-likeness (QED) is 0.606. The fourth-order valence-corrected chi connectivity index (χ4v) is 4.08. The highest BCUT2D eigenvalue weighted by molar-refractivity contribution is 7.89. The number of aromatic nitrogens is 2. The minimum absolute atomic E-state index is 0.139. The molecular weight excluding hydrogens is 350 g/mol. The van der Waals surface area contributed by atoms with Crippen molar-refractivity contribution in [1.29, 1.82) is 0 Å². The van der Waals surface area contributed by atoms with E-state index in [2.05, 4.69) is 15.5 Å². The molecule has 132 valence electrons. The number of carbonyl (C=O) groups excluding carboxylic acids is 1. The Morgan fingerprint density at radius 1 is 1.24 bits per heavy atom. The number of anilines is 1. The van der Waals surface area contributed by atoms with Gasteiger partial charge in [-0.1, -0.05) is 0 Å². The maximum Gasteiger partial charge on any atom is 0.319 e. The molecule has 1 aliphatic rings. The molecule has 2 aromatic rings. The molecule has 0 atom stereocenters. The zero-order valence-electron chi connectivity index (χ0n) is 13.0. The van der Waals surface area contributed by atoms with Gasteiger partial charge in [-0.3, -0.25) is 20.0 Å². The molecule has 1 aliphatic heterocycles. The standard InChI is InChI=1S/C14H15N5O5S/c20-14(13-12(19(21)22)9-15-17-13)16-10-3-5-11(6-4-10)25(23,24)18-7-1-2-8-18/h3-6,9H,1-2,7-8H2,(H,15,17)(H,16,20). The van der Waals surface area contributed by atoms with Crippen molar-refractivity contribution in [3.05, 3.63) is 46.3 Å². The molecule has 11 heteroatoms. The van der Waals surface area contributed by atoms with Gasteiger partial charge in [-0.25, -0.2) is 8.42 Å². The Morgan fingerprint density at radius 3 is 2.48 bits per heavy atom. The summed E-state index contributed by atoms with van der Waals surface area (Å²) in [4.78, 5) is 22.3. The average molecular weight is 365 g/mol. The molecule has 25 heavy (non-hydrogen) atoms. The van der Waals surface area contributed by atoms with E-state index in [-0.39, 0.29) is 10.6 Å². The second kappa shape index (κ2) is 6.61. The van der Waals surface area contributed by atoms with Crippen LogP contribution in [0.1, 0.15) is 23.3 Å². The number of amides is 1. The van der Waals surface area contributed by atoms with E-state index in [0.717, 1.165) is 19.0 Å². The summed E-state index contributed by atoms with van der Waals surface area (Å²) in [6.45, 7) is 1.01. The minimum atomic E-state index is -3.53. The summed E-state index contributed by atoms with van der Waals surface area (Å²) in [5, 5.41) is 19.0. The summed E-state index contributed by atoms with van der Waals surface area (Å²) in [6, 6.07) is 5.65. The zero-order valence-corrected chi connectivity index (χ0v) is 13.8. The van der Waals surface area contributed by atoms with Crippen LogP contribution in [0, 0.1) is 10.1 Å². The Hall–Kier alpha value is -2.79. The summed E-state index contributed by atoms with van der Waals surface area (Å²) >= 11 is 0. The molecule has 2 heterocycles. The first kappa shape index (κ1) is 17.0. The first-order valence-corrected chi connectivity index (χ1v) is 8.93. The minimum Gasteiger partial charge on any atom is -0.320 e.